The van der Waals surface area contributed by atoms with Gasteiger partial charge in [-0.05, 0) is 30.7 Å². The molecule has 0 bridgehead atoms. The minimum atomic E-state index is -4.71. The highest BCUT2D eigenvalue weighted by Gasteiger charge is 2.44. The molecule has 4 aromatic heterocycles. The van der Waals surface area contributed by atoms with Crippen molar-refractivity contribution in [2.24, 2.45) is 5.73 Å². The van der Waals surface area contributed by atoms with Crippen LogP contribution in [-0.4, -0.2) is 96.9 Å². The van der Waals surface area contributed by atoms with Crippen LogP contribution in [0.25, 0.3) is 11.4 Å². The van der Waals surface area contributed by atoms with Gasteiger partial charge in [-0.1, -0.05) is 0 Å². The first-order valence-corrected chi connectivity index (χ1v) is 17.5. The van der Waals surface area contributed by atoms with Crippen molar-refractivity contribution in [3.05, 3.63) is 90.0 Å². The van der Waals surface area contributed by atoms with Crippen molar-refractivity contribution in [2.45, 2.75) is 48.7 Å². The Morgan fingerprint density at radius 1 is 0.828 bits per heavy atom. The number of amides is 1. The number of carbonyl (C=O) groups excluding carboxylic acids is 2. The summed E-state index contributed by atoms with van der Waals surface area (Å²) in [6.45, 7) is -0.509. The van der Waals surface area contributed by atoms with E-state index >= 15 is 0 Å². The summed E-state index contributed by atoms with van der Waals surface area (Å²) in [6.07, 6.45) is -5.05. The largest absolute Gasteiger partial charge is 0.480 e. The zero-order valence-corrected chi connectivity index (χ0v) is 31.3. The van der Waals surface area contributed by atoms with Crippen molar-refractivity contribution in [3.8, 4) is 23.1 Å². The quantitative estimate of drug-likeness (QED) is 0.184. The molecule has 0 unspecified atom stereocenters. The molecule has 2 atom stereocenters. The monoisotopic (exact) mass is 868 g/mol. The maximum absolute atomic E-state index is 14.2. The summed E-state index contributed by atoms with van der Waals surface area (Å²) in [7, 11) is -1.67. The van der Waals surface area contributed by atoms with E-state index in [0.29, 0.717) is 5.56 Å². The predicted molar refractivity (Wildman–Crippen MR) is 184 cm³/mol. The van der Waals surface area contributed by atoms with Crippen molar-refractivity contribution in [1.82, 2.24) is 43.8 Å². The number of Topliss-reactive ketones (excluding diaryl/α,β-unsaturated/α-hetero) is 1. The number of ether oxygens (including phenoxy) is 2. The van der Waals surface area contributed by atoms with Gasteiger partial charge < -0.3 is 15.2 Å². The molecule has 1 aromatic carbocycles. The summed E-state index contributed by atoms with van der Waals surface area (Å²) in [6, 6.07) is 2.75. The average molecular weight is 869 g/mol. The van der Waals surface area contributed by atoms with E-state index in [0.717, 1.165) is 58.0 Å². The fourth-order valence-corrected chi connectivity index (χ4v) is 6.98. The van der Waals surface area contributed by atoms with Gasteiger partial charge in [0.05, 0.1) is 49.9 Å². The SMILES string of the molecule is COc1nn(-c2cnc(C(F)(F)F)nc2)cc1C(N)=O.COc1nn(-c2cnc(C(F)(F)F)nc2)cc1CCC(=O)[C@@H]1C[C@@H](F)CN1S(=O)(=O)c1ccc(F)cc1.Cl. The van der Waals surface area contributed by atoms with Gasteiger partial charge in [0.2, 0.25) is 33.4 Å². The molecule has 0 aliphatic carbocycles. The van der Waals surface area contributed by atoms with E-state index in [-0.39, 0.29) is 65.3 Å². The minimum absolute atomic E-state index is 0. The third-order valence-corrected chi connectivity index (χ3v) is 9.92. The van der Waals surface area contributed by atoms with Gasteiger partial charge in [-0.25, -0.2) is 46.5 Å². The Kier molecular flexibility index (Phi) is 13.7. The zero-order chi connectivity index (χ0) is 41.9. The molecule has 2 N–H and O–H groups in total. The Morgan fingerprint density at radius 2 is 1.31 bits per heavy atom. The van der Waals surface area contributed by atoms with Crippen molar-refractivity contribution >= 4 is 34.1 Å². The van der Waals surface area contributed by atoms with Crippen LogP contribution in [-0.2, 0) is 33.6 Å². The first-order valence-electron chi connectivity index (χ1n) is 16.0. The number of methoxy groups -OCH3 is 2. The lowest BCUT2D eigenvalue weighted by molar-refractivity contribution is -0.145. The van der Waals surface area contributed by atoms with E-state index in [1.807, 2.05) is 0 Å². The van der Waals surface area contributed by atoms with Gasteiger partial charge >= 0.3 is 12.4 Å². The lowest BCUT2D eigenvalue weighted by Gasteiger charge is -2.22. The number of aromatic nitrogens is 8. The van der Waals surface area contributed by atoms with Crippen molar-refractivity contribution in [3.63, 3.8) is 0 Å². The number of hydrogen-bond acceptors (Lipinski definition) is 12. The first-order chi connectivity index (χ1) is 26.7. The first kappa shape index (κ1) is 44.9. The van der Waals surface area contributed by atoms with Gasteiger partial charge in [0.25, 0.3) is 5.91 Å². The summed E-state index contributed by atoms with van der Waals surface area (Å²) >= 11 is 0. The highest BCUT2D eigenvalue weighted by Crippen LogP contribution is 2.31. The standard InChI is InChI=1S/C22H20F5N5O4S.C10H8F3N5O2.ClH/c1-36-20-13(11-31(30-20)16-9-28-21(29-10-16)22(25,26)27)2-7-19(33)18-8-15(24)12-32(18)37(34,35)17-5-3-14(23)4-6-17;1-20-8-6(7(14)19)4-18(17-8)5-2-15-9(16-3-5)10(11,12)13;/h3-6,9-11,15,18H,2,7-8,12H2,1H3;2-4H,1H3,(H2,14,19);1H/t15-,18+;;/m1../s1. The predicted octanol–water partition coefficient (Wildman–Crippen LogP) is 4.34. The summed E-state index contributed by atoms with van der Waals surface area (Å²) in [4.78, 5) is 36.8. The fourth-order valence-electron chi connectivity index (χ4n) is 5.33. The van der Waals surface area contributed by atoms with Crippen LogP contribution in [0.2, 0.25) is 0 Å². The minimum Gasteiger partial charge on any atom is -0.480 e. The second-order valence-corrected chi connectivity index (χ2v) is 13.7. The molecule has 1 saturated heterocycles. The maximum Gasteiger partial charge on any atom is 0.451 e. The van der Waals surface area contributed by atoms with Crippen LogP contribution in [0.1, 0.15) is 40.4 Å². The molecule has 0 spiro atoms. The number of rotatable bonds is 11. The van der Waals surface area contributed by atoms with Crippen LogP contribution < -0.4 is 15.2 Å². The molecule has 58 heavy (non-hydrogen) atoms. The van der Waals surface area contributed by atoms with Crippen LogP contribution >= 0.6 is 12.4 Å². The number of benzene rings is 1. The molecule has 312 valence electrons. The molecule has 6 rings (SSSR count). The van der Waals surface area contributed by atoms with E-state index in [2.05, 4.69) is 30.1 Å². The summed E-state index contributed by atoms with van der Waals surface area (Å²) < 4.78 is 142. The number of alkyl halides is 7. The third kappa shape index (κ3) is 10.2. The third-order valence-electron chi connectivity index (χ3n) is 8.03. The maximum atomic E-state index is 14.2. The van der Waals surface area contributed by atoms with Crippen molar-refractivity contribution < 1.29 is 62.6 Å². The number of primary amides is 1. The second-order valence-electron chi connectivity index (χ2n) is 11.8. The second kappa shape index (κ2) is 17.8. The Hall–Kier alpha value is -5.82. The lowest BCUT2D eigenvalue weighted by atomic mass is 10.0. The van der Waals surface area contributed by atoms with Crippen LogP contribution in [0.3, 0.4) is 0 Å². The Balaban J connectivity index is 0.000000300. The number of ketones is 1. The molecule has 16 nitrogen and oxygen atoms in total. The van der Waals surface area contributed by atoms with E-state index in [9.17, 15) is 53.1 Å². The molecule has 1 amide bonds. The summed E-state index contributed by atoms with van der Waals surface area (Å²) in [5.41, 5.74) is 5.74. The molecule has 5 aromatic rings. The molecule has 0 radical (unpaired) electrons. The van der Waals surface area contributed by atoms with Crippen molar-refractivity contribution in [1.29, 1.82) is 0 Å². The van der Waals surface area contributed by atoms with Gasteiger partial charge in [-0.2, -0.15) is 30.6 Å². The highest BCUT2D eigenvalue weighted by molar-refractivity contribution is 7.89. The number of sulfonamides is 1. The van der Waals surface area contributed by atoms with Crippen LogP contribution in [0.15, 0.2) is 66.3 Å². The molecule has 1 aliphatic heterocycles. The van der Waals surface area contributed by atoms with Crippen LogP contribution in [0, 0.1) is 5.82 Å². The van der Waals surface area contributed by atoms with Gasteiger partial charge in [-0.3, -0.25) is 9.59 Å². The molecule has 1 fully saturated rings. The van der Waals surface area contributed by atoms with E-state index in [4.69, 9.17) is 15.2 Å². The molecule has 26 heteroatoms. The number of nitrogens with two attached hydrogens (primary N) is 1. The van der Waals surface area contributed by atoms with Crippen LogP contribution in [0.4, 0.5) is 35.1 Å². The van der Waals surface area contributed by atoms with Gasteiger partial charge in [-0.15, -0.1) is 22.6 Å². The summed E-state index contributed by atoms with van der Waals surface area (Å²) in [5, 5.41) is 7.95. The fraction of sp³-hybridized carbons (Fsp3) is 0.312. The van der Waals surface area contributed by atoms with E-state index in [1.54, 1.807) is 0 Å². The van der Waals surface area contributed by atoms with Gasteiger partial charge in [0, 0.05) is 37.3 Å². The number of nitrogens with zero attached hydrogens (tertiary/aromatic N) is 9. The Morgan fingerprint density at radius 3 is 1.76 bits per heavy atom. The zero-order valence-electron chi connectivity index (χ0n) is 29.6. The van der Waals surface area contributed by atoms with Gasteiger partial charge in [0.15, 0.2) is 5.78 Å². The van der Waals surface area contributed by atoms with E-state index in [1.165, 1.54) is 31.3 Å². The molecule has 1 aliphatic rings. The van der Waals surface area contributed by atoms with Gasteiger partial charge in [0.1, 0.15) is 28.9 Å². The topological polar surface area (TPSA) is 203 Å². The lowest BCUT2D eigenvalue weighted by Crippen LogP contribution is -2.40. The molecule has 0 saturated carbocycles. The van der Waals surface area contributed by atoms with Crippen molar-refractivity contribution in [2.75, 3.05) is 20.8 Å². The molecular formula is C32H29ClF8N10O6S. The average Bonchev–Trinajstić information content (AvgIpc) is 3.91. The highest BCUT2D eigenvalue weighted by atomic mass is 35.5. The number of halogens is 9. The number of hydrogen-bond donors (Lipinski definition) is 1. The number of aryl methyl sites for hydroxylation is 1. The normalized spacial score (nSPS) is 15.9. The molecule has 5 heterocycles. The van der Waals surface area contributed by atoms with E-state index < -0.39 is 70.3 Å². The Bertz CT molecular complexity index is 2330. The summed E-state index contributed by atoms with van der Waals surface area (Å²) in [5.74, 6) is -4.51. The molecular weight excluding hydrogens is 840 g/mol. The smallest absolute Gasteiger partial charge is 0.451 e. The number of carbonyl (C=O) groups is 2. The van der Waals surface area contributed by atoms with Crippen LogP contribution in [0.5, 0.6) is 11.8 Å². The Labute approximate surface area is 328 Å².